The zero-order valence-corrected chi connectivity index (χ0v) is 19.5. The van der Waals surface area contributed by atoms with Crippen LogP contribution in [-0.2, 0) is 10.0 Å². The molecular formula is C24H25N3O6S. The Morgan fingerprint density at radius 3 is 2.03 bits per heavy atom. The number of nitrogens with zero attached hydrogens (tertiary/aromatic N) is 1. The molecule has 0 bridgehead atoms. The second-order valence-corrected chi connectivity index (χ2v) is 9.38. The molecule has 178 valence electrons. The van der Waals surface area contributed by atoms with Gasteiger partial charge in [-0.1, -0.05) is 30.3 Å². The molecule has 0 spiro atoms. The van der Waals surface area contributed by atoms with Gasteiger partial charge < -0.3 is 9.47 Å². The number of hydrazine groups is 1. The Kier molecular flexibility index (Phi) is 8.23. The first-order valence-corrected chi connectivity index (χ1v) is 11.8. The summed E-state index contributed by atoms with van der Waals surface area (Å²) in [5.74, 6) is -0.118. The first kappa shape index (κ1) is 24.7. The molecule has 3 aromatic carbocycles. The van der Waals surface area contributed by atoms with Crippen LogP contribution in [0.5, 0.6) is 11.5 Å². The molecule has 2 N–H and O–H groups in total. The predicted molar refractivity (Wildman–Crippen MR) is 126 cm³/mol. The minimum atomic E-state index is -3.60. The molecule has 0 saturated heterocycles. The Bertz CT molecular complexity index is 1230. The molecule has 3 rings (SSSR count). The van der Waals surface area contributed by atoms with E-state index in [9.17, 15) is 18.0 Å². The average Bonchev–Trinajstić information content (AvgIpc) is 2.85. The van der Waals surface area contributed by atoms with Crippen LogP contribution in [0, 0.1) is 0 Å². The van der Waals surface area contributed by atoms with Crippen molar-refractivity contribution in [3.8, 4) is 11.5 Å². The van der Waals surface area contributed by atoms with E-state index >= 15 is 0 Å². The summed E-state index contributed by atoms with van der Waals surface area (Å²) in [5.41, 5.74) is 5.07. The van der Waals surface area contributed by atoms with Gasteiger partial charge in [0.15, 0.2) is 0 Å². The van der Waals surface area contributed by atoms with E-state index in [1.54, 1.807) is 24.3 Å². The van der Waals surface area contributed by atoms with E-state index in [0.717, 1.165) is 4.31 Å². The highest BCUT2D eigenvalue weighted by atomic mass is 32.2. The van der Waals surface area contributed by atoms with E-state index in [1.807, 2.05) is 30.3 Å². The molecule has 0 aliphatic rings. The third-order valence-electron chi connectivity index (χ3n) is 4.67. The summed E-state index contributed by atoms with van der Waals surface area (Å²) in [6, 6.07) is 21.3. The maximum Gasteiger partial charge on any atom is 0.273 e. The SMILES string of the molecule is CN(C)S(=O)(=O)c1ccc(C(=O)NNC(=O)c2ccccc2OCCOc2ccccc2)cc1. The number of carbonyl (C=O) groups excluding carboxylic acids is 2. The molecule has 9 nitrogen and oxygen atoms in total. The van der Waals surface area contributed by atoms with Gasteiger partial charge in [-0.15, -0.1) is 0 Å². The van der Waals surface area contributed by atoms with Crippen molar-refractivity contribution in [1.82, 2.24) is 15.2 Å². The highest BCUT2D eigenvalue weighted by molar-refractivity contribution is 7.89. The van der Waals surface area contributed by atoms with Crippen LogP contribution in [0.25, 0.3) is 0 Å². The lowest BCUT2D eigenvalue weighted by atomic mass is 10.2. The topological polar surface area (TPSA) is 114 Å². The average molecular weight is 484 g/mol. The molecule has 0 unspecified atom stereocenters. The summed E-state index contributed by atoms with van der Waals surface area (Å²) in [7, 11) is -0.762. The summed E-state index contributed by atoms with van der Waals surface area (Å²) >= 11 is 0. The zero-order chi connectivity index (χ0) is 24.6. The number of hydrogen-bond donors (Lipinski definition) is 2. The first-order valence-electron chi connectivity index (χ1n) is 10.3. The van der Waals surface area contributed by atoms with Crippen LogP contribution >= 0.6 is 0 Å². The Morgan fingerprint density at radius 1 is 0.765 bits per heavy atom. The molecule has 2 amide bonds. The smallest absolute Gasteiger partial charge is 0.273 e. The lowest BCUT2D eigenvalue weighted by Crippen LogP contribution is -2.41. The van der Waals surface area contributed by atoms with Crippen LogP contribution in [0.1, 0.15) is 20.7 Å². The summed E-state index contributed by atoms with van der Waals surface area (Å²) in [5, 5.41) is 0. The number of nitrogens with one attached hydrogen (secondary N) is 2. The van der Waals surface area contributed by atoms with Gasteiger partial charge in [0.1, 0.15) is 24.7 Å². The van der Waals surface area contributed by atoms with Gasteiger partial charge >= 0.3 is 0 Å². The maximum absolute atomic E-state index is 12.6. The van der Waals surface area contributed by atoms with Crippen molar-refractivity contribution in [2.24, 2.45) is 0 Å². The molecule has 0 heterocycles. The monoisotopic (exact) mass is 483 g/mol. The standard InChI is InChI=1S/C24H25N3O6S/c1-27(2)34(30,31)20-14-12-18(13-15-20)23(28)25-26-24(29)21-10-6-7-11-22(21)33-17-16-32-19-8-4-3-5-9-19/h3-15H,16-17H2,1-2H3,(H,25,28)(H,26,29). The molecule has 10 heteroatoms. The Hall–Kier alpha value is -3.89. The Balaban J connectivity index is 1.55. The Labute approximate surface area is 198 Å². The third-order valence-corrected chi connectivity index (χ3v) is 6.50. The van der Waals surface area contributed by atoms with Gasteiger partial charge in [-0.05, 0) is 48.5 Å². The van der Waals surface area contributed by atoms with Gasteiger partial charge in [-0.25, -0.2) is 12.7 Å². The number of para-hydroxylation sites is 2. The molecule has 0 atom stereocenters. The summed E-state index contributed by atoms with van der Waals surface area (Å²) in [6.07, 6.45) is 0. The van der Waals surface area contributed by atoms with Crippen LogP contribution < -0.4 is 20.3 Å². The number of sulfonamides is 1. The van der Waals surface area contributed by atoms with Gasteiger partial charge in [-0.2, -0.15) is 0 Å². The van der Waals surface area contributed by atoms with E-state index in [2.05, 4.69) is 10.9 Å². The fourth-order valence-electron chi connectivity index (χ4n) is 2.85. The van der Waals surface area contributed by atoms with Gasteiger partial charge in [-0.3, -0.25) is 20.4 Å². The van der Waals surface area contributed by atoms with Gasteiger partial charge in [0.2, 0.25) is 10.0 Å². The predicted octanol–water partition coefficient (Wildman–Crippen LogP) is 2.47. The molecule has 0 aliphatic heterocycles. The van der Waals surface area contributed by atoms with Crippen LogP contribution in [0.4, 0.5) is 0 Å². The minimum Gasteiger partial charge on any atom is -0.490 e. The number of carbonyl (C=O) groups is 2. The normalized spacial score (nSPS) is 11.0. The van der Waals surface area contributed by atoms with Crippen molar-refractivity contribution in [3.63, 3.8) is 0 Å². The van der Waals surface area contributed by atoms with E-state index in [4.69, 9.17) is 9.47 Å². The van der Waals surface area contributed by atoms with Crippen LogP contribution in [0.15, 0.2) is 83.8 Å². The van der Waals surface area contributed by atoms with Crippen LogP contribution in [0.3, 0.4) is 0 Å². The van der Waals surface area contributed by atoms with Crippen molar-refractivity contribution in [2.45, 2.75) is 4.90 Å². The number of rotatable bonds is 9. The lowest BCUT2D eigenvalue weighted by molar-refractivity contribution is 0.0843. The molecule has 0 aliphatic carbocycles. The van der Waals surface area contributed by atoms with Crippen LogP contribution in [-0.4, -0.2) is 51.8 Å². The van der Waals surface area contributed by atoms with E-state index < -0.39 is 21.8 Å². The molecule has 0 saturated carbocycles. The summed E-state index contributed by atoms with van der Waals surface area (Å²) in [4.78, 5) is 25.0. The molecule has 3 aromatic rings. The van der Waals surface area contributed by atoms with Gasteiger partial charge in [0.25, 0.3) is 11.8 Å². The van der Waals surface area contributed by atoms with Gasteiger partial charge in [0, 0.05) is 19.7 Å². The largest absolute Gasteiger partial charge is 0.490 e. The number of ether oxygens (including phenoxy) is 2. The second kappa shape index (κ2) is 11.3. The highest BCUT2D eigenvalue weighted by Gasteiger charge is 2.18. The molecule has 34 heavy (non-hydrogen) atoms. The van der Waals surface area contributed by atoms with E-state index in [-0.39, 0.29) is 29.2 Å². The lowest BCUT2D eigenvalue weighted by Gasteiger charge is -2.13. The quantitative estimate of drug-likeness (QED) is 0.357. The van der Waals surface area contributed by atoms with Crippen molar-refractivity contribution in [2.75, 3.05) is 27.3 Å². The molecule has 0 radical (unpaired) electrons. The van der Waals surface area contributed by atoms with Crippen molar-refractivity contribution in [3.05, 3.63) is 90.0 Å². The van der Waals surface area contributed by atoms with Crippen LogP contribution in [0.2, 0.25) is 0 Å². The van der Waals surface area contributed by atoms with Crippen molar-refractivity contribution >= 4 is 21.8 Å². The molecular weight excluding hydrogens is 458 g/mol. The molecule has 0 fully saturated rings. The third kappa shape index (κ3) is 6.33. The minimum absolute atomic E-state index is 0.0559. The maximum atomic E-state index is 12.6. The fraction of sp³-hybridized carbons (Fsp3) is 0.167. The second-order valence-electron chi connectivity index (χ2n) is 7.23. The first-order chi connectivity index (χ1) is 16.3. The number of benzene rings is 3. The van der Waals surface area contributed by atoms with Crippen molar-refractivity contribution < 1.29 is 27.5 Å². The van der Waals surface area contributed by atoms with E-state index in [0.29, 0.717) is 11.5 Å². The number of hydrogen-bond acceptors (Lipinski definition) is 6. The summed E-state index contributed by atoms with van der Waals surface area (Å²) in [6.45, 7) is 0.504. The highest BCUT2D eigenvalue weighted by Crippen LogP contribution is 2.18. The summed E-state index contributed by atoms with van der Waals surface area (Å²) < 4.78 is 36.6. The Morgan fingerprint density at radius 2 is 1.35 bits per heavy atom. The van der Waals surface area contributed by atoms with Crippen molar-refractivity contribution in [1.29, 1.82) is 0 Å². The fourth-order valence-corrected chi connectivity index (χ4v) is 3.75. The zero-order valence-electron chi connectivity index (χ0n) is 18.7. The van der Waals surface area contributed by atoms with Gasteiger partial charge in [0.05, 0.1) is 10.5 Å². The molecule has 0 aromatic heterocycles. The number of amides is 2. The van der Waals surface area contributed by atoms with E-state index in [1.165, 1.54) is 38.4 Å².